The van der Waals surface area contributed by atoms with Gasteiger partial charge in [0.2, 0.25) is 5.88 Å². The standard InChI is InChI=1S/C29H34N4O4/c1-20-13-21-14-22(5-6-24(21)32-20)37-28-23-15-26(34-2)27(16-25(23)30-19-31-28)36-12-4-10-33-9-3-7-29(8-11-33)17-35-18-29/h5-6,13-16,19,32H,3-4,7-12,17-18H2,1-2H3. The van der Waals surface area contributed by atoms with E-state index in [2.05, 4.69) is 25.9 Å². The molecule has 2 saturated heterocycles. The summed E-state index contributed by atoms with van der Waals surface area (Å²) in [5, 5.41) is 1.87. The van der Waals surface area contributed by atoms with Gasteiger partial charge in [0.1, 0.15) is 12.1 Å². The van der Waals surface area contributed by atoms with E-state index in [-0.39, 0.29) is 0 Å². The molecule has 8 heteroatoms. The fourth-order valence-electron chi connectivity index (χ4n) is 5.51. The van der Waals surface area contributed by atoms with E-state index in [1.54, 1.807) is 7.11 Å². The Bertz CT molecular complexity index is 1400. The first-order chi connectivity index (χ1) is 18.1. The van der Waals surface area contributed by atoms with Gasteiger partial charge in [-0.25, -0.2) is 9.97 Å². The average molecular weight is 503 g/mol. The normalized spacial score (nSPS) is 17.6. The second kappa shape index (κ2) is 10.2. The lowest BCUT2D eigenvalue weighted by atomic mass is 9.79. The molecule has 4 heterocycles. The maximum atomic E-state index is 6.18. The molecule has 0 radical (unpaired) electrons. The highest BCUT2D eigenvalue weighted by Crippen LogP contribution is 2.39. The van der Waals surface area contributed by atoms with Gasteiger partial charge >= 0.3 is 0 Å². The summed E-state index contributed by atoms with van der Waals surface area (Å²) in [6.45, 7) is 7.92. The van der Waals surface area contributed by atoms with Gasteiger partial charge in [-0.15, -0.1) is 0 Å². The summed E-state index contributed by atoms with van der Waals surface area (Å²) in [5.41, 5.74) is 3.40. The monoisotopic (exact) mass is 502 g/mol. The van der Waals surface area contributed by atoms with Crippen LogP contribution in [0.15, 0.2) is 42.7 Å². The first kappa shape index (κ1) is 24.0. The van der Waals surface area contributed by atoms with E-state index in [1.807, 2.05) is 37.3 Å². The zero-order chi connectivity index (χ0) is 25.2. The average Bonchev–Trinajstić information content (AvgIpc) is 3.11. The Kier molecular flexibility index (Phi) is 6.61. The summed E-state index contributed by atoms with van der Waals surface area (Å²) in [6, 6.07) is 11.9. The summed E-state index contributed by atoms with van der Waals surface area (Å²) in [4.78, 5) is 14.8. The Morgan fingerprint density at radius 2 is 1.97 bits per heavy atom. The number of aromatic amines is 1. The Hall–Kier alpha value is -3.36. The van der Waals surface area contributed by atoms with Crippen LogP contribution in [0.25, 0.3) is 21.8 Å². The summed E-state index contributed by atoms with van der Waals surface area (Å²) in [7, 11) is 1.65. The molecule has 0 saturated carbocycles. The van der Waals surface area contributed by atoms with Crippen LogP contribution in [0.2, 0.25) is 0 Å². The molecule has 2 aliphatic heterocycles. The van der Waals surface area contributed by atoms with Crippen LogP contribution in [0.5, 0.6) is 23.1 Å². The molecule has 2 aromatic heterocycles. The minimum atomic E-state index is 0.460. The lowest BCUT2D eigenvalue weighted by Gasteiger charge is -2.40. The van der Waals surface area contributed by atoms with Crippen molar-refractivity contribution in [2.24, 2.45) is 5.41 Å². The maximum Gasteiger partial charge on any atom is 0.230 e. The van der Waals surface area contributed by atoms with Crippen LogP contribution in [0, 0.1) is 12.3 Å². The van der Waals surface area contributed by atoms with Crippen LogP contribution < -0.4 is 14.2 Å². The van der Waals surface area contributed by atoms with Gasteiger partial charge in [-0.1, -0.05) is 0 Å². The molecular weight excluding hydrogens is 468 g/mol. The Morgan fingerprint density at radius 1 is 1.05 bits per heavy atom. The summed E-state index contributed by atoms with van der Waals surface area (Å²) >= 11 is 0. The van der Waals surface area contributed by atoms with Gasteiger partial charge in [0.15, 0.2) is 11.5 Å². The smallest absolute Gasteiger partial charge is 0.230 e. The van der Waals surface area contributed by atoms with E-state index in [9.17, 15) is 0 Å². The van der Waals surface area contributed by atoms with E-state index in [0.717, 1.165) is 72.5 Å². The molecule has 0 amide bonds. The van der Waals surface area contributed by atoms with Crippen molar-refractivity contribution < 1.29 is 18.9 Å². The molecule has 8 nitrogen and oxygen atoms in total. The topological polar surface area (TPSA) is 81.7 Å². The minimum Gasteiger partial charge on any atom is -0.493 e. The second-order valence-electron chi connectivity index (χ2n) is 10.4. The van der Waals surface area contributed by atoms with Gasteiger partial charge in [0.25, 0.3) is 0 Å². The number of benzene rings is 2. The summed E-state index contributed by atoms with van der Waals surface area (Å²) < 4.78 is 23.5. The third-order valence-corrected chi connectivity index (χ3v) is 7.66. The number of methoxy groups -OCH3 is 1. The Balaban J connectivity index is 1.12. The SMILES string of the molecule is COc1cc2c(Oc3ccc4[nH]c(C)cc4c3)ncnc2cc1OCCCN1CCCC2(CC1)COC2. The highest BCUT2D eigenvalue weighted by atomic mass is 16.5. The van der Waals surface area contributed by atoms with Crippen molar-refractivity contribution in [3.8, 4) is 23.1 Å². The lowest BCUT2D eigenvalue weighted by Crippen LogP contribution is -2.43. The molecule has 37 heavy (non-hydrogen) atoms. The zero-order valence-corrected chi connectivity index (χ0v) is 21.6. The van der Waals surface area contributed by atoms with Gasteiger partial charge in [0.05, 0.1) is 37.8 Å². The number of hydrogen-bond donors (Lipinski definition) is 1. The minimum absolute atomic E-state index is 0.460. The second-order valence-corrected chi connectivity index (χ2v) is 10.4. The number of nitrogens with zero attached hydrogens (tertiary/aromatic N) is 3. The van der Waals surface area contributed by atoms with Crippen molar-refractivity contribution in [2.75, 3.05) is 46.6 Å². The molecule has 2 fully saturated rings. The van der Waals surface area contributed by atoms with Crippen molar-refractivity contribution in [1.82, 2.24) is 19.9 Å². The van der Waals surface area contributed by atoms with E-state index < -0.39 is 0 Å². The van der Waals surface area contributed by atoms with Crippen molar-refractivity contribution in [2.45, 2.75) is 32.6 Å². The Labute approximate surface area is 216 Å². The zero-order valence-electron chi connectivity index (χ0n) is 21.6. The van der Waals surface area contributed by atoms with Crippen LogP contribution in [-0.4, -0.2) is 66.4 Å². The van der Waals surface area contributed by atoms with Crippen molar-refractivity contribution in [1.29, 1.82) is 0 Å². The number of aromatic nitrogens is 3. The molecule has 1 N–H and O–H groups in total. The number of hydrogen-bond acceptors (Lipinski definition) is 7. The molecule has 2 aliphatic rings. The number of aryl methyl sites for hydroxylation is 1. The largest absolute Gasteiger partial charge is 0.493 e. The first-order valence-corrected chi connectivity index (χ1v) is 13.1. The van der Waals surface area contributed by atoms with Crippen LogP contribution >= 0.6 is 0 Å². The summed E-state index contributed by atoms with van der Waals surface area (Å²) in [5.74, 6) is 2.53. The van der Waals surface area contributed by atoms with Gasteiger partial charge < -0.3 is 28.8 Å². The molecule has 0 unspecified atom stereocenters. The molecule has 1 spiro atoms. The molecule has 194 valence electrons. The van der Waals surface area contributed by atoms with Crippen LogP contribution in [0.1, 0.15) is 31.4 Å². The number of fused-ring (bicyclic) bond motifs is 2. The van der Waals surface area contributed by atoms with Gasteiger partial charge in [-0.05, 0) is 76.0 Å². The predicted octanol–water partition coefficient (Wildman–Crippen LogP) is 5.49. The van der Waals surface area contributed by atoms with Crippen molar-refractivity contribution >= 4 is 21.8 Å². The molecule has 0 atom stereocenters. The molecule has 0 bridgehead atoms. The van der Waals surface area contributed by atoms with E-state index in [1.165, 1.54) is 25.6 Å². The molecule has 6 rings (SSSR count). The number of nitrogens with one attached hydrogen (secondary N) is 1. The maximum absolute atomic E-state index is 6.18. The fraction of sp³-hybridized carbons (Fsp3) is 0.448. The third kappa shape index (κ3) is 5.08. The molecule has 0 aliphatic carbocycles. The molecular formula is C29H34N4O4. The third-order valence-electron chi connectivity index (χ3n) is 7.66. The predicted molar refractivity (Wildman–Crippen MR) is 143 cm³/mol. The molecule has 4 aromatic rings. The van der Waals surface area contributed by atoms with Crippen LogP contribution in [-0.2, 0) is 4.74 Å². The van der Waals surface area contributed by atoms with E-state index in [4.69, 9.17) is 18.9 Å². The van der Waals surface area contributed by atoms with Crippen LogP contribution in [0.3, 0.4) is 0 Å². The molecule has 2 aromatic carbocycles. The van der Waals surface area contributed by atoms with E-state index >= 15 is 0 Å². The highest BCUT2D eigenvalue weighted by molar-refractivity contribution is 5.87. The fourth-order valence-corrected chi connectivity index (χ4v) is 5.51. The summed E-state index contributed by atoms with van der Waals surface area (Å²) in [6.07, 6.45) is 6.28. The van der Waals surface area contributed by atoms with Gasteiger partial charge in [-0.2, -0.15) is 0 Å². The van der Waals surface area contributed by atoms with Crippen molar-refractivity contribution in [3.63, 3.8) is 0 Å². The quantitative estimate of drug-likeness (QED) is 0.319. The Morgan fingerprint density at radius 3 is 2.81 bits per heavy atom. The van der Waals surface area contributed by atoms with Crippen LogP contribution in [0.4, 0.5) is 0 Å². The number of H-pyrrole nitrogens is 1. The van der Waals surface area contributed by atoms with Gasteiger partial charge in [0, 0.05) is 34.6 Å². The number of likely N-dealkylation sites (tertiary alicyclic amines) is 1. The van der Waals surface area contributed by atoms with Gasteiger partial charge in [-0.3, -0.25) is 0 Å². The first-order valence-electron chi connectivity index (χ1n) is 13.1. The van der Waals surface area contributed by atoms with E-state index in [0.29, 0.717) is 29.4 Å². The highest BCUT2D eigenvalue weighted by Gasteiger charge is 2.39. The van der Waals surface area contributed by atoms with Crippen molar-refractivity contribution in [3.05, 3.63) is 48.4 Å². The lowest BCUT2D eigenvalue weighted by molar-refractivity contribution is -0.119. The number of rotatable bonds is 8. The number of ether oxygens (including phenoxy) is 4.